The quantitative estimate of drug-likeness (QED) is 0.804. The molecule has 1 aromatic heterocycles. The predicted molar refractivity (Wildman–Crippen MR) is 56.9 cm³/mol. The summed E-state index contributed by atoms with van der Waals surface area (Å²) in [5.41, 5.74) is -1.02. The lowest BCUT2D eigenvalue weighted by Crippen LogP contribution is -2.45. The molecule has 1 aromatic rings. The number of nitrogens with zero attached hydrogens (tertiary/aromatic N) is 4. The maximum atomic E-state index is 11.4. The topological polar surface area (TPSA) is 91.8 Å². The molecule has 0 bridgehead atoms. The second-order valence-electron chi connectivity index (χ2n) is 3.57. The van der Waals surface area contributed by atoms with E-state index in [1.54, 1.807) is 17.8 Å². The molecule has 1 N–H and O–H groups in total. The van der Waals surface area contributed by atoms with E-state index in [1.165, 1.54) is 11.0 Å². The standard InChI is InChI=1S/C9H10N4O2S/c10-5-7-11-6-13(12-7)9(8(14)15)1-3-16-4-2-9/h6H,1-4H2,(H,14,15). The van der Waals surface area contributed by atoms with E-state index < -0.39 is 11.5 Å². The van der Waals surface area contributed by atoms with Crippen molar-refractivity contribution in [1.82, 2.24) is 14.8 Å². The lowest BCUT2D eigenvalue weighted by Gasteiger charge is -2.32. The van der Waals surface area contributed by atoms with Crippen LogP contribution in [-0.2, 0) is 10.3 Å². The first kappa shape index (κ1) is 11.0. The normalized spacial score (nSPS) is 18.9. The minimum atomic E-state index is -1.02. The van der Waals surface area contributed by atoms with Gasteiger partial charge in [0.2, 0.25) is 0 Å². The number of carboxylic acid groups (broad SMARTS) is 1. The van der Waals surface area contributed by atoms with Gasteiger partial charge in [-0.1, -0.05) is 0 Å². The minimum absolute atomic E-state index is 0.0128. The summed E-state index contributed by atoms with van der Waals surface area (Å²) >= 11 is 1.73. The number of aliphatic carboxylic acids is 1. The van der Waals surface area contributed by atoms with Gasteiger partial charge in [-0.15, -0.1) is 5.10 Å². The van der Waals surface area contributed by atoms with E-state index in [-0.39, 0.29) is 5.82 Å². The van der Waals surface area contributed by atoms with E-state index >= 15 is 0 Å². The van der Waals surface area contributed by atoms with Crippen molar-refractivity contribution in [3.05, 3.63) is 12.2 Å². The minimum Gasteiger partial charge on any atom is -0.479 e. The Kier molecular flexibility index (Phi) is 2.83. The van der Waals surface area contributed by atoms with Gasteiger partial charge in [0.05, 0.1) is 0 Å². The summed E-state index contributed by atoms with van der Waals surface area (Å²) in [7, 11) is 0. The predicted octanol–water partition coefficient (Wildman–Crippen LogP) is 0.457. The summed E-state index contributed by atoms with van der Waals surface area (Å²) in [6.07, 6.45) is 2.37. The molecule has 6 nitrogen and oxygen atoms in total. The molecule has 0 aliphatic carbocycles. The fourth-order valence-corrected chi connectivity index (χ4v) is 2.94. The number of hydrogen-bond acceptors (Lipinski definition) is 5. The number of rotatable bonds is 2. The first-order chi connectivity index (χ1) is 7.69. The number of carbonyl (C=O) groups is 1. The molecule has 1 fully saturated rings. The summed E-state index contributed by atoms with van der Waals surface area (Å²) in [5.74, 6) is 0.684. The van der Waals surface area contributed by atoms with Gasteiger partial charge in [0, 0.05) is 0 Å². The molecule has 2 rings (SSSR count). The van der Waals surface area contributed by atoms with Gasteiger partial charge in [-0.3, -0.25) is 0 Å². The zero-order chi connectivity index (χ0) is 11.6. The number of hydrogen-bond donors (Lipinski definition) is 1. The molecule has 0 radical (unpaired) electrons. The Hall–Kier alpha value is -1.55. The maximum absolute atomic E-state index is 11.4. The Morgan fingerprint density at radius 2 is 2.31 bits per heavy atom. The van der Waals surface area contributed by atoms with Gasteiger partial charge in [0.1, 0.15) is 12.4 Å². The molecule has 1 aliphatic heterocycles. The molecule has 0 unspecified atom stereocenters. The van der Waals surface area contributed by atoms with Gasteiger partial charge >= 0.3 is 5.97 Å². The van der Waals surface area contributed by atoms with Crippen molar-refractivity contribution in [1.29, 1.82) is 5.26 Å². The Bertz CT molecular complexity index is 445. The van der Waals surface area contributed by atoms with Crippen LogP contribution in [0.2, 0.25) is 0 Å². The number of aromatic nitrogens is 3. The van der Waals surface area contributed by atoms with E-state index in [0.717, 1.165) is 11.5 Å². The number of nitriles is 1. The second-order valence-corrected chi connectivity index (χ2v) is 4.80. The molecule has 1 saturated heterocycles. The Morgan fingerprint density at radius 3 is 2.81 bits per heavy atom. The summed E-state index contributed by atoms with van der Waals surface area (Å²) in [5, 5.41) is 21.9. The highest BCUT2D eigenvalue weighted by atomic mass is 32.2. The molecule has 84 valence electrons. The van der Waals surface area contributed by atoms with Gasteiger partial charge in [-0.2, -0.15) is 17.0 Å². The summed E-state index contributed by atoms with van der Waals surface area (Å²) in [4.78, 5) is 15.2. The first-order valence-corrected chi connectivity index (χ1v) is 5.98. The molecule has 2 heterocycles. The third kappa shape index (κ3) is 1.65. The molecule has 0 saturated carbocycles. The Balaban J connectivity index is 2.39. The van der Waals surface area contributed by atoms with Crippen LogP contribution in [0.25, 0.3) is 0 Å². The van der Waals surface area contributed by atoms with Crippen molar-refractivity contribution in [3.63, 3.8) is 0 Å². The highest BCUT2D eigenvalue weighted by Crippen LogP contribution is 2.33. The smallest absolute Gasteiger partial charge is 0.331 e. The molecular weight excluding hydrogens is 228 g/mol. The molecule has 1 aliphatic rings. The number of carboxylic acids is 1. The molecule has 7 heteroatoms. The lowest BCUT2D eigenvalue weighted by molar-refractivity contribution is -0.148. The van der Waals surface area contributed by atoms with Crippen molar-refractivity contribution in [2.75, 3.05) is 11.5 Å². The number of thioether (sulfide) groups is 1. The van der Waals surface area contributed by atoms with Crippen LogP contribution in [0.5, 0.6) is 0 Å². The summed E-state index contributed by atoms with van der Waals surface area (Å²) in [6, 6.07) is 1.80. The zero-order valence-corrected chi connectivity index (χ0v) is 9.27. The summed E-state index contributed by atoms with van der Waals surface area (Å²) in [6.45, 7) is 0. The Morgan fingerprint density at radius 1 is 1.62 bits per heavy atom. The maximum Gasteiger partial charge on any atom is 0.331 e. The van der Waals surface area contributed by atoms with Crippen molar-refractivity contribution in [2.24, 2.45) is 0 Å². The van der Waals surface area contributed by atoms with Crippen LogP contribution in [0.1, 0.15) is 18.7 Å². The third-order valence-electron chi connectivity index (χ3n) is 2.75. The molecule has 16 heavy (non-hydrogen) atoms. The largest absolute Gasteiger partial charge is 0.479 e. The van der Waals surface area contributed by atoms with Crippen LogP contribution in [-0.4, -0.2) is 37.3 Å². The van der Waals surface area contributed by atoms with Gasteiger partial charge in [0.25, 0.3) is 5.82 Å². The van der Waals surface area contributed by atoms with E-state index in [0.29, 0.717) is 12.8 Å². The summed E-state index contributed by atoms with van der Waals surface area (Å²) < 4.78 is 1.33. The first-order valence-electron chi connectivity index (χ1n) is 4.82. The zero-order valence-electron chi connectivity index (χ0n) is 8.46. The van der Waals surface area contributed by atoms with Gasteiger partial charge in [-0.25, -0.2) is 14.5 Å². The van der Waals surface area contributed by atoms with Crippen LogP contribution < -0.4 is 0 Å². The molecular formula is C9H10N4O2S. The van der Waals surface area contributed by atoms with E-state index in [4.69, 9.17) is 5.26 Å². The van der Waals surface area contributed by atoms with Crippen LogP contribution in [0.15, 0.2) is 6.33 Å². The van der Waals surface area contributed by atoms with E-state index in [9.17, 15) is 9.90 Å². The molecule has 0 amide bonds. The Labute approximate surface area is 96.3 Å². The van der Waals surface area contributed by atoms with Crippen LogP contribution >= 0.6 is 11.8 Å². The monoisotopic (exact) mass is 238 g/mol. The molecule has 0 atom stereocenters. The molecule has 0 aromatic carbocycles. The van der Waals surface area contributed by atoms with Crippen molar-refractivity contribution in [2.45, 2.75) is 18.4 Å². The van der Waals surface area contributed by atoms with Crippen molar-refractivity contribution < 1.29 is 9.90 Å². The SMILES string of the molecule is N#Cc1ncn(C2(C(=O)O)CCSCC2)n1. The molecule has 0 spiro atoms. The third-order valence-corrected chi connectivity index (χ3v) is 3.73. The highest BCUT2D eigenvalue weighted by Gasteiger charge is 2.43. The van der Waals surface area contributed by atoms with Crippen LogP contribution in [0, 0.1) is 11.3 Å². The second kappa shape index (κ2) is 4.14. The highest BCUT2D eigenvalue weighted by molar-refractivity contribution is 7.99. The van der Waals surface area contributed by atoms with Crippen LogP contribution in [0.3, 0.4) is 0 Å². The van der Waals surface area contributed by atoms with Crippen molar-refractivity contribution in [3.8, 4) is 6.07 Å². The van der Waals surface area contributed by atoms with Crippen LogP contribution in [0.4, 0.5) is 0 Å². The van der Waals surface area contributed by atoms with Gasteiger partial charge in [0.15, 0.2) is 5.54 Å². The lowest BCUT2D eigenvalue weighted by atomic mass is 9.93. The average molecular weight is 238 g/mol. The van der Waals surface area contributed by atoms with Crippen molar-refractivity contribution >= 4 is 17.7 Å². The average Bonchev–Trinajstić information content (AvgIpc) is 2.78. The fourth-order valence-electron chi connectivity index (χ4n) is 1.77. The fraction of sp³-hybridized carbons (Fsp3) is 0.556. The van der Waals surface area contributed by atoms with Gasteiger partial charge in [-0.05, 0) is 24.3 Å². The van der Waals surface area contributed by atoms with E-state index in [1.807, 2.05) is 0 Å². The van der Waals surface area contributed by atoms with E-state index in [2.05, 4.69) is 10.1 Å². The van der Waals surface area contributed by atoms with Gasteiger partial charge < -0.3 is 5.11 Å².